The summed E-state index contributed by atoms with van der Waals surface area (Å²) in [5, 5.41) is 0. The second kappa shape index (κ2) is 16.1. The third kappa shape index (κ3) is 11.6. The van der Waals surface area contributed by atoms with E-state index >= 15 is 0 Å². The van der Waals surface area contributed by atoms with Crippen molar-refractivity contribution in [1.29, 1.82) is 0 Å². The maximum atomic E-state index is 13.9. The van der Waals surface area contributed by atoms with Gasteiger partial charge in [0.05, 0.1) is 0 Å². The number of methoxy groups -OCH3 is 1. The number of halogens is 5. The molecule has 0 bridgehead atoms. The Morgan fingerprint density at radius 1 is 0.941 bits per heavy atom. The Labute approximate surface area is 311 Å². The van der Waals surface area contributed by atoms with Crippen molar-refractivity contribution in [3.8, 4) is 5.75 Å². The Balaban J connectivity index is 2.23. The van der Waals surface area contributed by atoms with Gasteiger partial charge in [0.1, 0.15) is 0 Å². The van der Waals surface area contributed by atoms with Gasteiger partial charge in [-0.2, -0.15) is 0 Å². The van der Waals surface area contributed by atoms with Crippen LogP contribution >= 0.6 is 36.2 Å². The molecule has 3 rings (SSSR count). The Kier molecular flexibility index (Phi) is 13.3. The van der Waals surface area contributed by atoms with Gasteiger partial charge in [0.25, 0.3) is 0 Å². The zero-order valence-corrected chi connectivity index (χ0v) is 33.9. The van der Waals surface area contributed by atoms with Gasteiger partial charge in [-0.15, -0.1) is 0 Å². The number of guanidine groups is 1. The number of hydrogen-bond donors (Lipinski definition) is 0. The molecule has 1 aliphatic heterocycles. The van der Waals surface area contributed by atoms with E-state index in [1.807, 2.05) is 0 Å². The summed E-state index contributed by atoms with van der Waals surface area (Å²) >= 11 is -0.618. The van der Waals surface area contributed by atoms with Crippen LogP contribution in [-0.2, 0) is 28.6 Å². The number of ether oxygens (including phenoxy) is 3. The van der Waals surface area contributed by atoms with E-state index in [2.05, 4.69) is 20.9 Å². The van der Waals surface area contributed by atoms with E-state index in [9.17, 15) is 36.0 Å². The Hall–Kier alpha value is -3.37. The number of rotatable bonds is 7. The van der Waals surface area contributed by atoms with E-state index in [4.69, 9.17) is 16.7 Å². The molecule has 2 aromatic carbocycles. The molecular formula is C31H40BrF3IN5O9S. The fraction of sp³-hybridized carbons (Fsp3) is 0.484. The van der Waals surface area contributed by atoms with Crippen LogP contribution in [-0.4, -0.2) is 103 Å². The molecular weight excluding hydrogens is 882 g/mol. The van der Waals surface area contributed by atoms with Crippen LogP contribution in [0.2, 0.25) is 0 Å². The first-order chi connectivity index (χ1) is 23.3. The molecule has 4 amide bonds. The van der Waals surface area contributed by atoms with Gasteiger partial charge in [-0.05, 0) is 0 Å². The molecule has 0 N–H and O–H groups in total. The van der Waals surface area contributed by atoms with Crippen LogP contribution in [0.1, 0.15) is 47.1 Å². The topological polar surface area (TPSA) is 148 Å². The van der Waals surface area contributed by atoms with Crippen LogP contribution in [0.25, 0.3) is 0 Å². The average Bonchev–Trinajstić information content (AvgIpc) is 2.98. The van der Waals surface area contributed by atoms with Gasteiger partial charge >= 0.3 is 312 Å². The van der Waals surface area contributed by atoms with Crippen molar-refractivity contribution < 1.29 is 52.7 Å². The maximum absolute atomic E-state index is 13.9. The number of amides is 4. The molecule has 0 spiro atoms. The summed E-state index contributed by atoms with van der Waals surface area (Å²) in [5.74, 6) is 0.122. The fourth-order valence-electron chi connectivity index (χ4n) is 4.24. The predicted molar refractivity (Wildman–Crippen MR) is 193 cm³/mol. The number of benzene rings is 2. The van der Waals surface area contributed by atoms with Gasteiger partial charge in [0.15, 0.2) is 0 Å². The molecule has 2 aromatic rings. The van der Waals surface area contributed by atoms with Gasteiger partial charge in [0, 0.05) is 0 Å². The first-order valence-electron chi connectivity index (χ1n) is 15.0. The van der Waals surface area contributed by atoms with E-state index in [1.54, 1.807) is 41.5 Å². The standard InChI is InChI=1S/C31H40BrF3IN5O9S/c1-29(2,3)48-26(42)37-25(40-18-38(7)27(43)39(8)19-40)41(28(44)49-30(4,5)6)17-20-10-15-23(32)24(16-20)36(50-51(45,46)31(33,34)35)21-11-13-22(47-9)14-12-21/h10-16H,17-19H2,1-9H3/b37-25+. The van der Waals surface area contributed by atoms with Crippen LogP contribution in [0.3, 0.4) is 0 Å². The first-order valence-corrected chi connectivity index (χ1v) is 20.2. The summed E-state index contributed by atoms with van der Waals surface area (Å²) in [6.07, 6.45) is -2.01. The van der Waals surface area contributed by atoms with Crippen molar-refractivity contribution in [2.24, 2.45) is 4.99 Å². The van der Waals surface area contributed by atoms with Gasteiger partial charge < -0.3 is 0 Å². The summed E-state index contributed by atoms with van der Waals surface area (Å²) in [4.78, 5) is 48.9. The van der Waals surface area contributed by atoms with E-state index in [0.29, 0.717) is 5.75 Å². The number of aliphatic imine (C=N–C) groups is 1. The zero-order chi connectivity index (χ0) is 38.7. The first kappa shape index (κ1) is 42.0. The molecule has 284 valence electrons. The van der Waals surface area contributed by atoms with Crippen molar-refractivity contribution in [3.05, 3.63) is 59.6 Å². The SMILES string of the molecule is COc1ccc(I(OS(=O)(=O)C(F)(F)F)c2cc(CN(C(=O)OC(C)(C)C)/C(=N/C(=O)OC(C)(C)C)N3CN(C)C(=O)N(C)C3)ccc2Br)cc1. The third-order valence-corrected chi connectivity index (χ3v) is 14.9. The number of alkyl halides is 3. The molecule has 0 atom stereocenters. The van der Waals surface area contributed by atoms with Crippen molar-refractivity contribution in [3.63, 3.8) is 0 Å². The summed E-state index contributed by atoms with van der Waals surface area (Å²) in [5.41, 5.74) is -7.42. The van der Waals surface area contributed by atoms with Crippen LogP contribution < -0.4 is 4.74 Å². The normalized spacial score (nSPS) is 15.1. The molecule has 1 fully saturated rings. The molecule has 0 aromatic heterocycles. The van der Waals surface area contributed by atoms with E-state index in [1.165, 1.54) is 78.4 Å². The van der Waals surface area contributed by atoms with Crippen molar-refractivity contribution >= 4 is 70.5 Å². The minimum absolute atomic E-state index is 0.104. The van der Waals surface area contributed by atoms with Crippen molar-refractivity contribution in [2.45, 2.75) is 64.8 Å². The minimum atomic E-state index is -6.05. The molecule has 0 unspecified atom stereocenters. The molecule has 0 radical (unpaired) electrons. The number of urea groups is 1. The summed E-state index contributed by atoms with van der Waals surface area (Å²) < 4.78 is 87.3. The van der Waals surface area contributed by atoms with Crippen LogP contribution in [0, 0.1) is 7.14 Å². The van der Waals surface area contributed by atoms with Gasteiger partial charge in [-0.25, -0.2) is 0 Å². The van der Waals surface area contributed by atoms with Gasteiger partial charge in [0.2, 0.25) is 0 Å². The monoisotopic (exact) mass is 921 g/mol. The number of carbonyl (C=O) groups excluding carboxylic acids is 3. The second-order valence-corrected chi connectivity index (χ2v) is 20.3. The van der Waals surface area contributed by atoms with Crippen molar-refractivity contribution in [2.75, 3.05) is 34.5 Å². The van der Waals surface area contributed by atoms with Crippen LogP contribution in [0.5, 0.6) is 5.75 Å². The molecule has 14 nitrogen and oxygen atoms in total. The molecule has 1 heterocycles. The van der Waals surface area contributed by atoms with Crippen LogP contribution in [0.4, 0.5) is 27.6 Å². The van der Waals surface area contributed by atoms with Crippen LogP contribution in [0.15, 0.2) is 51.9 Å². The third-order valence-electron chi connectivity index (χ3n) is 6.33. The summed E-state index contributed by atoms with van der Waals surface area (Å²) in [6.45, 7) is 9.15. The zero-order valence-electron chi connectivity index (χ0n) is 29.4. The fourth-order valence-corrected chi connectivity index (χ4v) is 12.0. The predicted octanol–water partition coefficient (Wildman–Crippen LogP) is 7.03. The average molecular weight is 923 g/mol. The van der Waals surface area contributed by atoms with Gasteiger partial charge in [-0.3, -0.25) is 0 Å². The molecule has 20 heteroatoms. The molecule has 0 saturated carbocycles. The molecule has 1 aliphatic rings. The summed E-state index contributed by atoms with van der Waals surface area (Å²) in [7, 11) is -1.64. The Morgan fingerprint density at radius 2 is 1.49 bits per heavy atom. The van der Waals surface area contributed by atoms with Crippen molar-refractivity contribution in [1.82, 2.24) is 19.6 Å². The summed E-state index contributed by atoms with van der Waals surface area (Å²) in [6, 6.07) is 9.83. The van der Waals surface area contributed by atoms with Gasteiger partial charge in [-0.1, -0.05) is 0 Å². The number of nitrogens with zero attached hydrogens (tertiary/aromatic N) is 5. The Morgan fingerprint density at radius 3 is 1.98 bits per heavy atom. The number of hydrogen-bond acceptors (Lipinski definition) is 9. The van der Waals surface area contributed by atoms with E-state index < -0.39 is 59.2 Å². The molecule has 1 saturated heterocycles. The molecule has 0 aliphatic carbocycles. The van der Waals surface area contributed by atoms with E-state index in [0.717, 1.165) is 4.90 Å². The Bertz CT molecular complexity index is 1740. The van der Waals surface area contributed by atoms with E-state index in [-0.39, 0.29) is 49.0 Å². The number of carbonyl (C=O) groups is 3. The quantitative estimate of drug-likeness (QED) is 0.123. The second-order valence-electron chi connectivity index (χ2n) is 13.1. The molecule has 51 heavy (non-hydrogen) atoms.